The number of nitrogens with zero attached hydrogens (tertiary/aromatic N) is 2. The molecule has 2 aromatic rings. The number of hydrogen-bond acceptors (Lipinski definition) is 1. The molecular formula is C13H17ClN2. The summed E-state index contributed by atoms with van der Waals surface area (Å²) in [5, 5.41) is -0.0543. The maximum atomic E-state index is 6.20. The van der Waals surface area contributed by atoms with Gasteiger partial charge in [0.25, 0.3) is 0 Å². The predicted octanol–water partition coefficient (Wildman–Crippen LogP) is 4.31. The topological polar surface area (TPSA) is 17.8 Å². The molecule has 0 amide bonds. The van der Waals surface area contributed by atoms with Gasteiger partial charge in [-0.25, -0.2) is 4.98 Å². The third-order valence-corrected chi connectivity index (χ3v) is 3.21. The first-order chi connectivity index (χ1) is 7.65. The van der Waals surface area contributed by atoms with E-state index in [1.165, 1.54) is 5.52 Å². The quantitative estimate of drug-likeness (QED) is 0.727. The Morgan fingerprint density at radius 1 is 1.31 bits per heavy atom. The number of hydrogen-bond donors (Lipinski definition) is 0. The lowest BCUT2D eigenvalue weighted by atomic mass is 10.2. The normalized spacial score (nSPS) is 15.2. The third-order valence-electron chi connectivity index (χ3n) is 3.01. The van der Waals surface area contributed by atoms with Crippen molar-refractivity contribution in [2.75, 3.05) is 0 Å². The van der Waals surface area contributed by atoms with Gasteiger partial charge in [0.15, 0.2) is 0 Å². The van der Waals surface area contributed by atoms with Crippen LogP contribution in [0.4, 0.5) is 0 Å². The average molecular weight is 237 g/mol. The van der Waals surface area contributed by atoms with Gasteiger partial charge in [0, 0.05) is 6.04 Å². The molecule has 2 atom stereocenters. The highest BCUT2D eigenvalue weighted by Gasteiger charge is 2.17. The van der Waals surface area contributed by atoms with Crippen molar-refractivity contribution in [2.45, 2.75) is 38.6 Å². The molecule has 1 aromatic carbocycles. The molecule has 0 N–H and O–H groups in total. The lowest BCUT2D eigenvalue weighted by Crippen LogP contribution is -2.08. The number of alkyl halides is 1. The molecule has 2 unspecified atom stereocenters. The molecule has 0 fully saturated rings. The monoisotopic (exact) mass is 236 g/mol. The van der Waals surface area contributed by atoms with Gasteiger partial charge < -0.3 is 4.57 Å². The van der Waals surface area contributed by atoms with Gasteiger partial charge in [0.1, 0.15) is 5.82 Å². The second-order valence-electron chi connectivity index (χ2n) is 4.20. The van der Waals surface area contributed by atoms with Crippen LogP contribution in [-0.4, -0.2) is 9.55 Å². The van der Waals surface area contributed by atoms with Crippen LogP contribution >= 0.6 is 11.6 Å². The van der Waals surface area contributed by atoms with Crippen molar-refractivity contribution in [2.24, 2.45) is 0 Å². The number of para-hydroxylation sites is 2. The van der Waals surface area contributed by atoms with E-state index in [1.807, 2.05) is 25.1 Å². The Bertz CT molecular complexity index is 488. The molecule has 2 rings (SSSR count). The van der Waals surface area contributed by atoms with Gasteiger partial charge in [0.2, 0.25) is 0 Å². The Labute approximate surface area is 101 Å². The number of halogens is 1. The van der Waals surface area contributed by atoms with Gasteiger partial charge >= 0.3 is 0 Å². The second-order valence-corrected chi connectivity index (χ2v) is 4.86. The zero-order chi connectivity index (χ0) is 11.7. The summed E-state index contributed by atoms with van der Waals surface area (Å²) >= 11 is 6.20. The van der Waals surface area contributed by atoms with Crippen molar-refractivity contribution in [3.05, 3.63) is 30.1 Å². The van der Waals surface area contributed by atoms with E-state index in [1.54, 1.807) is 0 Å². The van der Waals surface area contributed by atoms with Crippen LogP contribution in [0.15, 0.2) is 24.3 Å². The first-order valence-electron chi connectivity index (χ1n) is 5.76. The molecule has 16 heavy (non-hydrogen) atoms. The number of fused-ring (bicyclic) bond motifs is 1. The Morgan fingerprint density at radius 2 is 2.00 bits per heavy atom. The van der Waals surface area contributed by atoms with E-state index < -0.39 is 0 Å². The van der Waals surface area contributed by atoms with Crippen LogP contribution in [-0.2, 0) is 0 Å². The van der Waals surface area contributed by atoms with E-state index in [-0.39, 0.29) is 5.38 Å². The molecule has 0 saturated heterocycles. The Morgan fingerprint density at radius 3 is 2.62 bits per heavy atom. The van der Waals surface area contributed by atoms with Crippen LogP contribution in [0.2, 0.25) is 0 Å². The van der Waals surface area contributed by atoms with E-state index in [0.717, 1.165) is 17.8 Å². The Kier molecular flexibility index (Phi) is 3.20. The fourth-order valence-electron chi connectivity index (χ4n) is 1.99. The van der Waals surface area contributed by atoms with Gasteiger partial charge in [-0.05, 0) is 32.4 Å². The summed E-state index contributed by atoms with van der Waals surface area (Å²) < 4.78 is 2.26. The highest BCUT2D eigenvalue weighted by molar-refractivity contribution is 6.20. The minimum atomic E-state index is -0.0543. The van der Waals surface area contributed by atoms with Gasteiger partial charge in [-0.2, -0.15) is 0 Å². The third kappa shape index (κ3) is 1.82. The number of imidazole rings is 1. The van der Waals surface area contributed by atoms with Crippen molar-refractivity contribution in [1.29, 1.82) is 0 Å². The molecular weight excluding hydrogens is 220 g/mol. The summed E-state index contributed by atoms with van der Waals surface area (Å²) in [6, 6.07) is 8.64. The second kappa shape index (κ2) is 4.46. The molecule has 0 aliphatic heterocycles. The lowest BCUT2D eigenvalue weighted by Gasteiger charge is -2.16. The molecule has 1 aromatic heterocycles. The first-order valence-corrected chi connectivity index (χ1v) is 6.19. The number of rotatable bonds is 3. The molecule has 0 radical (unpaired) electrons. The van der Waals surface area contributed by atoms with E-state index in [4.69, 9.17) is 11.6 Å². The molecule has 2 nitrogen and oxygen atoms in total. The highest BCUT2D eigenvalue weighted by atomic mass is 35.5. The lowest BCUT2D eigenvalue weighted by molar-refractivity contribution is 0.522. The van der Waals surface area contributed by atoms with E-state index >= 15 is 0 Å². The van der Waals surface area contributed by atoms with E-state index in [0.29, 0.717) is 6.04 Å². The largest absolute Gasteiger partial charge is 0.324 e. The molecule has 86 valence electrons. The van der Waals surface area contributed by atoms with Crippen LogP contribution in [0.3, 0.4) is 0 Å². The molecule has 0 aliphatic carbocycles. The van der Waals surface area contributed by atoms with Crippen molar-refractivity contribution in [3.8, 4) is 0 Å². The van der Waals surface area contributed by atoms with Crippen LogP contribution in [0, 0.1) is 0 Å². The van der Waals surface area contributed by atoms with Gasteiger partial charge in [-0.3, -0.25) is 0 Å². The fourth-order valence-corrected chi connectivity index (χ4v) is 2.14. The van der Waals surface area contributed by atoms with Crippen molar-refractivity contribution in [3.63, 3.8) is 0 Å². The Balaban J connectivity index is 2.69. The fraction of sp³-hybridized carbons (Fsp3) is 0.462. The van der Waals surface area contributed by atoms with Crippen molar-refractivity contribution >= 4 is 22.6 Å². The van der Waals surface area contributed by atoms with Crippen LogP contribution in [0.25, 0.3) is 11.0 Å². The minimum Gasteiger partial charge on any atom is -0.324 e. The van der Waals surface area contributed by atoms with Crippen LogP contribution < -0.4 is 0 Å². The van der Waals surface area contributed by atoms with Crippen LogP contribution in [0.1, 0.15) is 44.4 Å². The zero-order valence-corrected chi connectivity index (χ0v) is 10.7. The summed E-state index contributed by atoms with van der Waals surface area (Å²) in [4.78, 5) is 4.61. The van der Waals surface area contributed by atoms with Crippen molar-refractivity contribution in [1.82, 2.24) is 9.55 Å². The van der Waals surface area contributed by atoms with Gasteiger partial charge in [-0.15, -0.1) is 11.6 Å². The van der Waals surface area contributed by atoms with E-state index in [9.17, 15) is 0 Å². The summed E-state index contributed by atoms with van der Waals surface area (Å²) in [6.07, 6.45) is 1.08. The maximum absolute atomic E-state index is 6.20. The molecule has 0 saturated carbocycles. The van der Waals surface area contributed by atoms with Crippen molar-refractivity contribution < 1.29 is 0 Å². The van der Waals surface area contributed by atoms with E-state index in [2.05, 4.69) is 29.5 Å². The zero-order valence-electron chi connectivity index (χ0n) is 9.94. The molecule has 1 heterocycles. The average Bonchev–Trinajstić information content (AvgIpc) is 2.67. The van der Waals surface area contributed by atoms with Gasteiger partial charge in [-0.1, -0.05) is 19.1 Å². The predicted molar refractivity (Wildman–Crippen MR) is 69.0 cm³/mol. The number of benzene rings is 1. The summed E-state index contributed by atoms with van der Waals surface area (Å²) in [7, 11) is 0. The number of aromatic nitrogens is 2. The van der Waals surface area contributed by atoms with Gasteiger partial charge in [0.05, 0.1) is 16.4 Å². The minimum absolute atomic E-state index is 0.0543. The smallest absolute Gasteiger partial charge is 0.127 e. The molecule has 0 bridgehead atoms. The summed E-state index contributed by atoms with van der Waals surface area (Å²) in [5.41, 5.74) is 2.21. The summed E-state index contributed by atoms with van der Waals surface area (Å²) in [5.74, 6) is 0.970. The molecule has 0 spiro atoms. The highest BCUT2D eigenvalue weighted by Crippen LogP contribution is 2.28. The SMILES string of the molecule is CCC(C)n1c(C(C)Cl)nc2ccccc21. The standard InChI is InChI=1S/C13H17ClN2/c1-4-9(2)16-12-8-6-5-7-11(12)15-13(16)10(3)14/h5-10H,4H2,1-3H3. The Hall–Kier alpha value is -1.02. The molecule has 3 heteroatoms. The molecule has 0 aliphatic rings. The first kappa shape index (κ1) is 11.5. The maximum Gasteiger partial charge on any atom is 0.127 e. The van der Waals surface area contributed by atoms with Crippen LogP contribution in [0.5, 0.6) is 0 Å². The summed E-state index contributed by atoms with van der Waals surface area (Å²) in [6.45, 7) is 6.36.